The van der Waals surface area contributed by atoms with Crippen molar-refractivity contribution < 1.29 is 9.84 Å². The van der Waals surface area contributed by atoms with Crippen LogP contribution in [0.4, 0.5) is 0 Å². The predicted molar refractivity (Wildman–Crippen MR) is 93.0 cm³/mol. The summed E-state index contributed by atoms with van der Waals surface area (Å²) >= 11 is 0. The topological polar surface area (TPSA) is 29.5 Å². The second-order valence-electron chi connectivity index (χ2n) is 5.76. The van der Waals surface area contributed by atoms with Crippen LogP contribution in [0, 0.1) is 0 Å². The van der Waals surface area contributed by atoms with Gasteiger partial charge in [-0.25, -0.2) is 0 Å². The monoisotopic (exact) mass is 302 g/mol. The van der Waals surface area contributed by atoms with Gasteiger partial charge in [-0.05, 0) is 47.2 Å². The molecule has 0 unspecified atom stereocenters. The average Bonchev–Trinajstić information content (AvgIpc) is 2.96. The van der Waals surface area contributed by atoms with Crippen LogP contribution >= 0.6 is 0 Å². The smallest absolute Gasteiger partial charge is 0.165 e. The summed E-state index contributed by atoms with van der Waals surface area (Å²) in [7, 11) is 0. The fraction of sp³-hybridized carbons (Fsp3) is 0.143. The molecule has 0 heterocycles. The summed E-state index contributed by atoms with van der Waals surface area (Å²) in [6.07, 6.45) is 0.950. The molecule has 23 heavy (non-hydrogen) atoms. The summed E-state index contributed by atoms with van der Waals surface area (Å²) < 4.78 is 5.54. The molecule has 4 rings (SSSR count). The maximum Gasteiger partial charge on any atom is 0.165 e. The molecule has 0 aromatic heterocycles. The summed E-state index contributed by atoms with van der Waals surface area (Å²) in [5.74, 6) is 0.751. The minimum Gasteiger partial charge on any atom is -0.504 e. The Morgan fingerprint density at radius 2 is 1.52 bits per heavy atom. The van der Waals surface area contributed by atoms with Crippen molar-refractivity contribution in [2.24, 2.45) is 0 Å². The number of hydrogen-bond acceptors (Lipinski definition) is 2. The minimum absolute atomic E-state index is 0.215. The first-order valence-corrected chi connectivity index (χ1v) is 7.95. The lowest BCUT2D eigenvalue weighted by molar-refractivity contribution is 0.319. The van der Waals surface area contributed by atoms with Crippen molar-refractivity contribution in [1.29, 1.82) is 0 Å². The zero-order valence-corrected chi connectivity index (χ0v) is 13.0. The Labute approximate surface area is 136 Å². The van der Waals surface area contributed by atoms with Crippen LogP contribution in [0.25, 0.3) is 22.3 Å². The minimum atomic E-state index is 0.215. The zero-order valence-electron chi connectivity index (χ0n) is 13.0. The molecule has 0 saturated carbocycles. The van der Waals surface area contributed by atoms with Gasteiger partial charge in [0.2, 0.25) is 0 Å². The van der Waals surface area contributed by atoms with Crippen LogP contribution in [0.5, 0.6) is 11.5 Å². The van der Waals surface area contributed by atoms with E-state index in [1.165, 1.54) is 22.3 Å². The van der Waals surface area contributed by atoms with Gasteiger partial charge in [-0.2, -0.15) is 0 Å². The molecule has 1 N–H and O–H groups in total. The maximum absolute atomic E-state index is 10.6. The predicted octanol–water partition coefficient (Wildman–Crippen LogP) is 5.03. The third kappa shape index (κ3) is 2.18. The van der Waals surface area contributed by atoms with Gasteiger partial charge in [0.25, 0.3) is 0 Å². The van der Waals surface area contributed by atoms with Gasteiger partial charge in [0, 0.05) is 5.56 Å². The Balaban J connectivity index is 1.94. The first kappa shape index (κ1) is 13.9. The molecule has 3 aromatic rings. The Morgan fingerprint density at radius 1 is 0.826 bits per heavy atom. The van der Waals surface area contributed by atoms with E-state index >= 15 is 0 Å². The third-order valence-electron chi connectivity index (χ3n) is 4.41. The molecule has 0 bridgehead atoms. The van der Waals surface area contributed by atoms with Gasteiger partial charge < -0.3 is 9.84 Å². The van der Waals surface area contributed by atoms with Crippen molar-refractivity contribution in [2.75, 3.05) is 6.61 Å². The zero-order chi connectivity index (χ0) is 15.8. The van der Waals surface area contributed by atoms with E-state index in [9.17, 15) is 5.11 Å². The molecular formula is C21H18O2. The Kier molecular flexibility index (Phi) is 3.30. The van der Waals surface area contributed by atoms with Crippen LogP contribution in [-0.4, -0.2) is 11.7 Å². The van der Waals surface area contributed by atoms with Crippen LogP contribution in [0.15, 0.2) is 60.7 Å². The molecule has 0 amide bonds. The highest BCUT2D eigenvalue weighted by Gasteiger charge is 2.23. The SMILES string of the molecule is CCOc1cccc(-c2cccc3c2-c2ccccc2C3)c1O. The number of phenols is 1. The number of aromatic hydroxyl groups is 1. The highest BCUT2D eigenvalue weighted by Crippen LogP contribution is 2.46. The Hall–Kier alpha value is -2.74. The van der Waals surface area contributed by atoms with Gasteiger partial charge in [0.15, 0.2) is 11.5 Å². The van der Waals surface area contributed by atoms with Crippen LogP contribution in [0.3, 0.4) is 0 Å². The van der Waals surface area contributed by atoms with Crippen LogP contribution in [0.1, 0.15) is 18.1 Å². The standard InChI is InChI=1S/C21H18O2/c1-2-23-19-12-6-11-18(21(19)22)17-10-5-8-15-13-14-7-3-4-9-16(14)20(15)17/h3-12,22H,2,13H2,1H3. The fourth-order valence-electron chi connectivity index (χ4n) is 3.43. The molecule has 0 radical (unpaired) electrons. The van der Waals surface area contributed by atoms with E-state index in [1.54, 1.807) is 6.07 Å². The van der Waals surface area contributed by atoms with Crippen molar-refractivity contribution >= 4 is 0 Å². The summed E-state index contributed by atoms with van der Waals surface area (Å²) in [5.41, 5.74) is 7.03. The van der Waals surface area contributed by atoms with E-state index in [-0.39, 0.29) is 5.75 Å². The van der Waals surface area contributed by atoms with Gasteiger partial charge in [0.05, 0.1) is 6.61 Å². The summed E-state index contributed by atoms with van der Waals surface area (Å²) in [6.45, 7) is 2.45. The third-order valence-corrected chi connectivity index (χ3v) is 4.41. The van der Waals surface area contributed by atoms with Crippen LogP contribution < -0.4 is 4.74 Å². The molecule has 3 aromatic carbocycles. The lowest BCUT2D eigenvalue weighted by Crippen LogP contribution is -1.93. The lowest BCUT2D eigenvalue weighted by Gasteiger charge is -2.14. The fourth-order valence-corrected chi connectivity index (χ4v) is 3.43. The summed E-state index contributed by atoms with van der Waals surface area (Å²) in [4.78, 5) is 0. The molecule has 0 saturated heterocycles. The van der Waals surface area contributed by atoms with Gasteiger partial charge in [-0.3, -0.25) is 0 Å². The van der Waals surface area contributed by atoms with Crippen LogP contribution in [-0.2, 0) is 6.42 Å². The average molecular weight is 302 g/mol. The first-order valence-electron chi connectivity index (χ1n) is 7.95. The van der Waals surface area contributed by atoms with Gasteiger partial charge in [-0.15, -0.1) is 0 Å². The van der Waals surface area contributed by atoms with Crippen molar-refractivity contribution in [1.82, 2.24) is 0 Å². The van der Waals surface area contributed by atoms with Crippen molar-refractivity contribution in [3.8, 4) is 33.8 Å². The number of rotatable bonds is 3. The first-order chi connectivity index (χ1) is 11.3. The molecule has 2 nitrogen and oxygen atoms in total. The van der Waals surface area contributed by atoms with Gasteiger partial charge >= 0.3 is 0 Å². The lowest BCUT2D eigenvalue weighted by atomic mass is 9.93. The number of ether oxygens (including phenoxy) is 1. The molecule has 114 valence electrons. The number of benzene rings is 3. The van der Waals surface area contributed by atoms with Crippen molar-refractivity contribution in [3.63, 3.8) is 0 Å². The van der Waals surface area contributed by atoms with E-state index in [0.717, 1.165) is 17.5 Å². The molecule has 0 spiro atoms. The summed E-state index contributed by atoms with van der Waals surface area (Å²) in [5, 5.41) is 10.6. The van der Waals surface area contributed by atoms with Crippen molar-refractivity contribution in [2.45, 2.75) is 13.3 Å². The van der Waals surface area contributed by atoms with Crippen molar-refractivity contribution in [3.05, 3.63) is 71.8 Å². The molecule has 0 fully saturated rings. The molecule has 1 aliphatic rings. The highest BCUT2D eigenvalue weighted by atomic mass is 16.5. The maximum atomic E-state index is 10.6. The quantitative estimate of drug-likeness (QED) is 0.575. The number of phenolic OH excluding ortho intramolecular Hbond substituents is 1. The van der Waals surface area contributed by atoms with E-state index in [4.69, 9.17) is 4.74 Å². The molecule has 0 aliphatic heterocycles. The second-order valence-corrected chi connectivity index (χ2v) is 5.76. The van der Waals surface area contributed by atoms with E-state index in [1.807, 2.05) is 19.1 Å². The molecule has 1 aliphatic carbocycles. The highest BCUT2D eigenvalue weighted by molar-refractivity contribution is 5.92. The number of para-hydroxylation sites is 1. The van der Waals surface area contributed by atoms with E-state index in [2.05, 4.69) is 42.5 Å². The Morgan fingerprint density at radius 3 is 2.39 bits per heavy atom. The Bertz CT molecular complexity index is 881. The van der Waals surface area contributed by atoms with E-state index in [0.29, 0.717) is 12.4 Å². The summed E-state index contributed by atoms with van der Waals surface area (Å²) in [6, 6.07) is 20.5. The van der Waals surface area contributed by atoms with E-state index < -0.39 is 0 Å². The molecule has 0 atom stereocenters. The van der Waals surface area contributed by atoms with Gasteiger partial charge in [-0.1, -0.05) is 54.6 Å². The van der Waals surface area contributed by atoms with Crippen LogP contribution in [0.2, 0.25) is 0 Å². The molecular weight excluding hydrogens is 284 g/mol. The normalized spacial score (nSPS) is 11.9. The second kappa shape index (κ2) is 5.47. The number of fused-ring (bicyclic) bond motifs is 3. The largest absolute Gasteiger partial charge is 0.504 e. The van der Waals surface area contributed by atoms with Gasteiger partial charge in [0.1, 0.15) is 0 Å². The number of hydrogen-bond donors (Lipinski definition) is 1. The molecule has 2 heteroatoms.